The zero-order valence-electron chi connectivity index (χ0n) is 14.0. The van der Waals surface area contributed by atoms with Gasteiger partial charge in [0.05, 0.1) is 6.61 Å². The molecule has 0 radical (unpaired) electrons. The van der Waals surface area contributed by atoms with E-state index in [-0.39, 0.29) is 0 Å². The number of hydrogen-bond donors (Lipinski definition) is 1. The first-order valence-electron chi connectivity index (χ1n) is 9.36. The first-order valence-corrected chi connectivity index (χ1v) is 9.36. The maximum absolute atomic E-state index is 5.64. The molecule has 2 saturated heterocycles. The molecule has 4 unspecified atom stereocenters. The SMILES string of the molecule is CCC1CNC(C2CCCCC2)CN1C(C)C1CCOC1. The molecule has 3 aliphatic rings. The minimum Gasteiger partial charge on any atom is -0.381 e. The van der Waals surface area contributed by atoms with E-state index in [9.17, 15) is 0 Å². The van der Waals surface area contributed by atoms with Gasteiger partial charge in [-0.2, -0.15) is 0 Å². The van der Waals surface area contributed by atoms with Crippen molar-refractivity contribution in [3.63, 3.8) is 0 Å². The van der Waals surface area contributed by atoms with E-state index in [0.29, 0.717) is 6.04 Å². The van der Waals surface area contributed by atoms with E-state index in [0.717, 1.165) is 37.1 Å². The van der Waals surface area contributed by atoms with Crippen LogP contribution in [-0.2, 0) is 4.74 Å². The fourth-order valence-electron chi connectivity index (χ4n) is 4.78. The van der Waals surface area contributed by atoms with Crippen LogP contribution >= 0.6 is 0 Å². The maximum atomic E-state index is 5.64. The van der Waals surface area contributed by atoms with E-state index in [2.05, 4.69) is 24.1 Å². The van der Waals surface area contributed by atoms with Crippen molar-refractivity contribution >= 4 is 0 Å². The van der Waals surface area contributed by atoms with Crippen LogP contribution in [0.3, 0.4) is 0 Å². The third-order valence-corrected chi connectivity index (χ3v) is 6.35. The van der Waals surface area contributed by atoms with E-state index >= 15 is 0 Å². The van der Waals surface area contributed by atoms with Crippen LogP contribution in [0.5, 0.6) is 0 Å². The molecule has 1 aliphatic carbocycles. The van der Waals surface area contributed by atoms with Crippen molar-refractivity contribution in [3.05, 3.63) is 0 Å². The highest BCUT2D eigenvalue weighted by atomic mass is 16.5. The predicted molar refractivity (Wildman–Crippen MR) is 87.5 cm³/mol. The zero-order valence-corrected chi connectivity index (χ0v) is 14.0. The molecule has 3 fully saturated rings. The van der Waals surface area contributed by atoms with Gasteiger partial charge in [-0.15, -0.1) is 0 Å². The van der Waals surface area contributed by atoms with Crippen LogP contribution < -0.4 is 5.32 Å². The lowest BCUT2D eigenvalue weighted by atomic mass is 9.82. The second kappa shape index (κ2) is 7.43. The van der Waals surface area contributed by atoms with Crippen LogP contribution in [-0.4, -0.2) is 49.3 Å². The first-order chi connectivity index (χ1) is 10.3. The van der Waals surface area contributed by atoms with Crippen LogP contribution in [0.1, 0.15) is 58.8 Å². The lowest BCUT2D eigenvalue weighted by Crippen LogP contribution is -2.62. The summed E-state index contributed by atoms with van der Waals surface area (Å²) in [5.74, 6) is 1.68. The van der Waals surface area contributed by atoms with Gasteiger partial charge in [0.2, 0.25) is 0 Å². The number of nitrogens with zero attached hydrogens (tertiary/aromatic N) is 1. The number of hydrogen-bond acceptors (Lipinski definition) is 3. The Balaban J connectivity index is 1.63. The summed E-state index contributed by atoms with van der Waals surface area (Å²) in [6, 6.07) is 2.14. The molecular formula is C18H34N2O. The molecule has 1 N–H and O–H groups in total. The van der Waals surface area contributed by atoms with Crippen molar-refractivity contribution in [1.29, 1.82) is 0 Å². The van der Waals surface area contributed by atoms with E-state index in [1.807, 2.05) is 0 Å². The molecule has 3 heteroatoms. The van der Waals surface area contributed by atoms with Crippen molar-refractivity contribution in [3.8, 4) is 0 Å². The van der Waals surface area contributed by atoms with Crippen LogP contribution in [0.25, 0.3) is 0 Å². The van der Waals surface area contributed by atoms with Crippen molar-refractivity contribution in [1.82, 2.24) is 10.2 Å². The lowest BCUT2D eigenvalue weighted by Gasteiger charge is -2.47. The van der Waals surface area contributed by atoms with Gasteiger partial charge >= 0.3 is 0 Å². The molecule has 0 aromatic rings. The van der Waals surface area contributed by atoms with Gasteiger partial charge in [-0.3, -0.25) is 4.90 Å². The summed E-state index contributed by atoms with van der Waals surface area (Å²) in [5.41, 5.74) is 0. The van der Waals surface area contributed by atoms with Gasteiger partial charge in [-0.25, -0.2) is 0 Å². The lowest BCUT2D eigenvalue weighted by molar-refractivity contribution is 0.0356. The highest BCUT2D eigenvalue weighted by Gasteiger charge is 2.37. The van der Waals surface area contributed by atoms with E-state index in [4.69, 9.17) is 4.74 Å². The monoisotopic (exact) mass is 294 g/mol. The zero-order chi connectivity index (χ0) is 14.7. The van der Waals surface area contributed by atoms with E-state index in [1.165, 1.54) is 58.0 Å². The van der Waals surface area contributed by atoms with Gasteiger partial charge in [0.15, 0.2) is 0 Å². The fraction of sp³-hybridized carbons (Fsp3) is 1.00. The number of ether oxygens (including phenoxy) is 1. The summed E-state index contributed by atoms with van der Waals surface area (Å²) in [5, 5.41) is 3.89. The van der Waals surface area contributed by atoms with Gasteiger partial charge in [0.1, 0.15) is 0 Å². The third-order valence-electron chi connectivity index (χ3n) is 6.35. The van der Waals surface area contributed by atoms with Crippen molar-refractivity contribution in [2.45, 2.75) is 76.9 Å². The standard InChI is InChI=1S/C18H34N2O/c1-3-17-11-19-18(15-7-5-4-6-8-15)12-20(17)14(2)16-9-10-21-13-16/h14-19H,3-13H2,1-2H3. The molecule has 0 amide bonds. The predicted octanol–water partition coefficient (Wildman–Crippen LogP) is 3.04. The van der Waals surface area contributed by atoms with Gasteiger partial charge in [0.25, 0.3) is 0 Å². The Kier molecular flexibility index (Phi) is 5.58. The molecule has 3 nitrogen and oxygen atoms in total. The second-order valence-corrected chi connectivity index (χ2v) is 7.54. The summed E-state index contributed by atoms with van der Waals surface area (Å²) >= 11 is 0. The molecule has 2 aliphatic heterocycles. The first kappa shape index (κ1) is 15.8. The van der Waals surface area contributed by atoms with E-state index in [1.54, 1.807) is 0 Å². The number of nitrogens with one attached hydrogen (secondary N) is 1. The normalized spacial score (nSPS) is 37.7. The molecule has 0 bridgehead atoms. The van der Waals surface area contributed by atoms with Crippen molar-refractivity contribution in [2.75, 3.05) is 26.3 Å². The fourth-order valence-corrected chi connectivity index (χ4v) is 4.78. The Hall–Kier alpha value is -0.120. The Labute approximate surface area is 130 Å². The number of piperazine rings is 1. The maximum Gasteiger partial charge on any atom is 0.0509 e. The molecular weight excluding hydrogens is 260 g/mol. The average molecular weight is 294 g/mol. The van der Waals surface area contributed by atoms with Gasteiger partial charge in [0, 0.05) is 37.8 Å². The largest absolute Gasteiger partial charge is 0.381 e. The van der Waals surface area contributed by atoms with Crippen LogP contribution in [0.4, 0.5) is 0 Å². The minimum atomic E-state index is 0.686. The average Bonchev–Trinajstić information content (AvgIpc) is 3.09. The summed E-state index contributed by atoms with van der Waals surface area (Å²) in [6.07, 6.45) is 9.78. The van der Waals surface area contributed by atoms with Gasteiger partial charge in [-0.05, 0) is 44.4 Å². The Bertz CT molecular complexity index is 310. The summed E-state index contributed by atoms with van der Waals surface area (Å²) in [7, 11) is 0. The van der Waals surface area contributed by atoms with Crippen LogP contribution in [0.2, 0.25) is 0 Å². The third kappa shape index (κ3) is 3.62. The van der Waals surface area contributed by atoms with Crippen molar-refractivity contribution < 1.29 is 4.74 Å². The second-order valence-electron chi connectivity index (χ2n) is 7.54. The van der Waals surface area contributed by atoms with Gasteiger partial charge in [-0.1, -0.05) is 26.2 Å². The molecule has 4 atom stereocenters. The molecule has 1 saturated carbocycles. The number of rotatable bonds is 4. The van der Waals surface area contributed by atoms with Crippen molar-refractivity contribution in [2.24, 2.45) is 11.8 Å². The van der Waals surface area contributed by atoms with Crippen LogP contribution in [0.15, 0.2) is 0 Å². The molecule has 0 spiro atoms. The van der Waals surface area contributed by atoms with E-state index < -0.39 is 0 Å². The topological polar surface area (TPSA) is 24.5 Å². The minimum absolute atomic E-state index is 0.686. The summed E-state index contributed by atoms with van der Waals surface area (Å²) in [6.45, 7) is 9.21. The molecule has 21 heavy (non-hydrogen) atoms. The molecule has 0 aromatic heterocycles. The smallest absolute Gasteiger partial charge is 0.0509 e. The Morgan fingerprint density at radius 1 is 1.19 bits per heavy atom. The molecule has 3 rings (SSSR count). The van der Waals surface area contributed by atoms with Gasteiger partial charge < -0.3 is 10.1 Å². The summed E-state index contributed by atoms with van der Waals surface area (Å²) in [4.78, 5) is 2.83. The Morgan fingerprint density at radius 2 is 2.00 bits per heavy atom. The highest BCUT2D eigenvalue weighted by molar-refractivity contribution is 4.93. The molecule has 122 valence electrons. The van der Waals surface area contributed by atoms with Crippen LogP contribution in [0, 0.1) is 11.8 Å². The summed E-state index contributed by atoms with van der Waals surface area (Å²) < 4.78 is 5.64. The molecule has 0 aromatic carbocycles. The Morgan fingerprint density at radius 3 is 2.67 bits per heavy atom. The quantitative estimate of drug-likeness (QED) is 0.862. The molecule has 2 heterocycles. The highest BCUT2D eigenvalue weighted by Crippen LogP contribution is 2.31.